The van der Waals surface area contributed by atoms with E-state index in [1.165, 1.54) is 41.2 Å². The van der Waals surface area contributed by atoms with E-state index in [4.69, 9.17) is 0 Å². The highest BCUT2D eigenvalue weighted by Crippen LogP contribution is 2.46. The molecule has 1 aliphatic carbocycles. The molecule has 1 aromatic heterocycles. The molecule has 4 rings (SSSR count). The molecule has 1 heterocycles. The molecule has 0 aliphatic heterocycles. The van der Waals surface area contributed by atoms with Crippen LogP contribution in [0.3, 0.4) is 0 Å². The number of hydrogen-bond donors (Lipinski definition) is 0. The van der Waals surface area contributed by atoms with E-state index in [-0.39, 0.29) is 0 Å². The van der Waals surface area contributed by atoms with Gasteiger partial charge in [0.1, 0.15) is 0 Å². The monoisotopic (exact) mass is 291 g/mol. The molecule has 0 amide bonds. The van der Waals surface area contributed by atoms with Crippen LogP contribution in [0.4, 0.5) is 0 Å². The van der Waals surface area contributed by atoms with E-state index in [2.05, 4.69) is 73.9 Å². The first-order chi connectivity index (χ1) is 10.5. The van der Waals surface area contributed by atoms with Gasteiger partial charge in [-0.1, -0.05) is 57.2 Å². The van der Waals surface area contributed by atoms with Crippen LogP contribution in [0.5, 0.6) is 0 Å². The number of hydrogen-bond acceptors (Lipinski definition) is 0. The Hall–Kier alpha value is -1.76. The van der Waals surface area contributed by atoms with Gasteiger partial charge in [-0.3, -0.25) is 0 Å². The zero-order valence-electron chi connectivity index (χ0n) is 13.8. The third kappa shape index (κ3) is 2.15. The molecule has 3 aromatic rings. The minimum absolute atomic E-state index is 0.470. The highest BCUT2D eigenvalue weighted by Gasteiger charge is 2.37. The van der Waals surface area contributed by atoms with E-state index in [1.54, 1.807) is 0 Å². The van der Waals surface area contributed by atoms with Gasteiger partial charge in [0.2, 0.25) is 0 Å². The van der Waals surface area contributed by atoms with E-state index in [0.29, 0.717) is 5.41 Å². The average Bonchev–Trinajstić information content (AvgIpc) is 2.75. The fourth-order valence-electron chi connectivity index (χ4n) is 4.05. The summed E-state index contributed by atoms with van der Waals surface area (Å²) in [6.45, 7) is 8.32. The smallest absolute Gasteiger partial charge is 0.0491 e. The molecule has 1 saturated carbocycles. The first kappa shape index (κ1) is 13.9. The lowest BCUT2D eigenvalue weighted by Gasteiger charge is -2.44. The van der Waals surface area contributed by atoms with Crippen LogP contribution in [0.2, 0.25) is 0 Å². The highest BCUT2D eigenvalue weighted by molar-refractivity contribution is 6.07. The normalized spacial score (nSPS) is 22.1. The van der Waals surface area contributed by atoms with Crippen LogP contribution in [-0.2, 0) is 6.54 Å². The van der Waals surface area contributed by atoms with Gasteiger partial charge in [-0.05, 0) is 42.2 Å². The summed E-state index contributed by atoms with van der Waals surface area (Å²) in [5, 5.41) is 2.79. The van der Waals surface area contributed by atoms with Crippen molar-refractivity contribution in [1.82, 2.24) is 4.57 Å². The topological polar surface area (TPSA) is 4.93 Å². The molecule has 22 heavy (non-hydrogen) atoms. The van der Waals surface area contributed by atoms with Gasteiger partial charge in [0, 0.05) is 28.4 Å². The lowest BCUT2D eigenvalue weighted by molar-refractivity contribution is 0.0672. The molecule has 1 fully saturated rings. The maximum absolute atomic E-state index is 2.55. The van der Waals surface area contributed by atoms with Gasteiger partial charge in [0.25, 0.3) is 0 Å². The molecule has 1 aliphatic rings. The van der Waals surface area contributed by atoms with Crippen molar-refractivity contribution in [2.45, 2.75) is 40.2 Å². The standard InChI is InChI=1S/C21H25N/c1-21(2,3)16-12-15(13-16)14-22-19-10-6-4-8-17(19)18-9-5-7-11-20(18)22/h4-11,15-16H,12-14H2,1-3H3. The lowest BCUT2D eigenvalue weighted by atomic mass is 9.63. The van der Waals surface area contributed by atoms with Crippen molar-refractivity contribution < 1.29 is 0 Å². The molecule has 0 spiro atoms. The molecule has 0 radical (unpaired) electrons. The summed E-state index contributed by atoms with van der Waals surface area (Å²) in [7, 11) is 0. The SMILES string of the molecule is CC(C)(C)C1CC(Cn2c3ccccc3c3ccccc32)C1. The lowest BCUT2D eigenvalue weighted by Crippen LogP contribution is -2.35. The van der Waals surface area contributed by atoms with Crippen molar-refractivity contribution in [3.05, 3.63) is 48.5 Å². The minimum atomic E-state index is 0.470. The Morgan fingerprint density at radius 2 is 1.36 bits per heavy atom. The van der Waals surface area contributed by atoms with Gasteiger partial charge >= 0.3 is 0 Å². The molecule has 1 heteroatoms. The van der Waals surface area contributed by atoms with Gasteiger partial charge in [-0.15, -0.1) is 0 Å². The maximum Gasteiger partial charge on any atom is 0.0491 e. The zero-order chi connectivity index (χ0) is 15.3. The number of para-hydroxylation sites is 2. The van der Waals surface area contributed by atoms with E-state index < -0.39 is 0 Å². The van der Waals surface area contributed by atoms with Crippen molar-refractivity contribution >= 4 is 21.8 Å². The first-order valence-electron chi connectivity index (χ1n) is 8.50. The predicted molar refractivity (Wildman–Crippen MR) is 95.1 cm³/mol. The second kappa shape index (κ2) is 4.87. The molecule has 0 bridgehead atoms. The van der Waals surface area contributed by atoms with Gasteiger partial charge in [0.15, 0.2) is 0 Å². The molecule has 0 saturated heterocycles. The third-order valence-electron chi connectivity index (χ3n) is 5.58. The van der Waals surface area contributed by atoms with Crippen LogP contribution in [0, 0.1) is 17.3 Å². The summed E-state index contributed by atoms with van der Waals surface area (Å²) in [5.41, 5.74) is 3.25. The number of rotatable bonds is 2. The summed E-state index contributed by atoms with van der Waals surface area (Å²) in [5.74, 6) is 1.73. The van der Waals surface area contributed by atoms with Gasteiger partial charge < -0.3 is 4.57 Å². The Morgan fingerprint density at radius 3 is 1.86 bits per heavy atom. The van der Waals surface area contributed by atoms with E-state index >= 15 is 0 Å². The van der Waals surface area contributed by atoms with Crippen LogP contribution >= 0.6 is 0 Å². The van der Waals surface area contributed by atoms with Crippen molar-refractivity contribution in [1.29, 1.82) is 0 Å². The molecule has 1 nitrogen and oxygen atoms in total. The Labute approximate surface area is 132 Å². The average molecular weight is 291 g/mol. The fraction of sp³-hybridized carbons (Fsp3) is 0.429. The van der Waals surface area contributed by atoms with Crippen LogP contribution in [-0.4, -0.2) is 4.57 Å². The quantitative estimate of drug-likeness (QED) is 0.556. The summed E-state index contributed by atoms with van der Waals surface area (Å²) in [6, 6.07) is 17.7. The van der Waals surface area contributed by atoms with Gasteiger partial charge in [0.05, 0.1) is 0 Å². The minimum Gasteiger partial charge on any atom is -0.340 e. The molecule has 0 atom stereocenters. The molecule has 114 valence electrons. The third-order valence-corrected chi connectivity index (χ3v) is 5.58. The number of nitrogens with zero attached hydrogens (tertiary/aromatic N) is 1. The fourth-order valence-corrected chi connectivity index (χ4v) is 4.05. The Kier molecular flexibility index (Phi) is 3.07. The summed E-state index contributed by atoms with van der Waals surface area (Å²) < 4.78 is 2.55. The molecule has 2 aromatic carbocycles. The van der Waals surface area contributed by atoms with Crippen molar-refractivity contribution in [3.63, 3.8) is 0 Å². The van der Waals surface area contributed by atoms with E-state index in [0.717, 1.165) is 11.8 Å². The Morgan fingerprint density at radius 1 is 0.864 bits per heavy atom. The largest absolute Gasteiger partial charge is 0.340 e. The highest BCUT2D eigenvalue weighted by atomic mass is 15.0. The molecular weight excluding hydrogens is 266 g/mol. The van der Waals surface area contributed by atoms with Crippen molar-refractivity contribution in [2.24, 2.45) is 17.3 Å². The molecular formula is C21H25N. The zero-order valence-corrected chi connectivity index (χ0v) is 13.8. The van der Waals surface area contributed by atoms with Gasteiger partial charge in [-0.2, -0.15) is 0 Å². The van der Waals surface area contributed by atoms with Crippen molar-refractivity contribution in [3.8, 4) is 0 Å². The summed E-state index contributed by atoms with van der Waals surface area (Å²) in [6.07, 6.45) is 2.76. The van der Waals surface area contributed by atoms with E-state index in [1.807, 2.05) is 0 Å². The van der Waals surface area contributed by atoms with Crippen molar-refractivity contribution in [2.75, 3.05) is 0 Å². The second-order valence-corrected chi connectivity index (χ2v) is 8.05. The maximum atomic E-state index is 2.55. The number of aromatic nitrogens is 1. The van der Waals surface area contributed by atoms with Crippen LogP contribution in [0.25, 0.3) is 21.8 Å². The van der Waals surface area contributed by atoms with Gasteiger partial charge in [-0.25, -0.2) is 0 Å². The Bertz CT molecular complexity index is 759. The number of fused-ring (bicyclic) bond motifs is 3. The number of benzene rings is 2. The molecule has 0 unspecified atom stereocenters. The van der Waals surface area contributed by atoms with Crippen LogP contribution in [0.1, 0.15) is 33.6 Å². The van der Waals surface area contributed by atoms with E-state index in [9.17, 15) is 0 Å². The summed E-state index contributed by atoms with van der Waals surface area (Å²) in [4.78, 5) is 0. The second-order valence-electron chi connectivity index (χ2n) is 8.05. The van der Waals surface area contributed by atoms with Crippen LogP contribution < -0.4 is 0 Å². The molecule has 0 N–H and O–H groups in total. The summed E-state index contributed by atoms with van der Waals surface area (Å²) >= 11 is 0. The first-order valence-corrected chi connectivity index (χ1v) is 8.50. The van der Waals surface area contributed by atoms with Crippen LogP contribution in [0.15, 0.2) is 48.5 Å². The Balaban J connectivity index is 1.69. The predicted octanol–water partition coefficient (Wildman–Crippen LogP) is 5.87.